The van der Waals surface area contributed by atoms with E-state index < -0.39 is 12.0 Å². The molecule has 1 aromatic carbocycles. The van der Waals surface area contributed by atoms with Gasteiger partial charge in [0.1, 0.15) is 28.3 Å². The molecule has 2 heterocycles. The maximum Gasteiger partial charge on any atom is 0.326 e. The minimum absolute atomic E-state index is 0.299. The van der Waals surface area contributed by atoms with Gasteiger partial charge in [0, 0.05) is 10.4 Å². The highest BCUT2D eigenvalue weighted by Crippen LogP contribution is 2.41. The van der Waals surface area contributed by atoms with E-state index in [0.717, 1.165) is 39.1 Å². The summed E-state index contributed by atoms with van der Waals surface area (Å²) in [5.41, 5.74) is 1.77. The molecule has 0 bridgehead atoms. The number of carboxylic acids is 1. The Morgan fingerprint density at radius 1 is 1.26 bits per heavy atom. The number of hydrogen-bond donors (Lipinski definition) is 2. The van der Waals surface area contributed by atoms with Crippen molar-refractivity contribution in [3.63, 3.8) is 0 Å². The molecular weight excluding hydrogens is 365 g/mol. The zero-order valence-electron chi connectivity index (χ0n) is 15.5. The van der Waals surface area contributed by atoms with E-state index in [1.54, 1.807) is 19.1 Å². The van der Waals surface area contributed by atoms with E-state index in [0.29, 0.717) is 18.1 Å². The summed E-state index contributed by atoms with van der Waals surface area (Å²) in [5, 5.41) is 13.5. The molecule has 3 aromatic rings. The fourth-order valence-corrected chi connectivity index (χ4v) is 4.21. The average molecular weight is 387 g/mol. The fraction of sp³-hybridized carbons (Fsp3) is 0.350. The second-order valence-corrected chi connectivity index (χ2v) is 7.72. The third kappa shape index (κ3) is 4.08. The van der Waals surface area contributed by atoms with E-state index in [9.17, 15) is 14.3 Å². The Labute approximate surface area is 161 Å². The predicted octanol–water partition coefficient (Wildman–Crippen LogP) is 5.17. The lowest BCUT2D eigenvalue weighted by molar-refractivity contribution is -0.138. The van der Waals surface area contributed by atoms with E-state index in [4.69, 9.17) is 0 Å². The van der Waals surface area contributed by atoms with Crippen LogP contribution < -0.4 is 5.32 Å². The van der Waals surface area contributed by atoms with Crippen molar-refractivity contribution in [2.24, 2.45) is 0 Å². The zero-order valence-corrected chi connectivity index (χ0v) is 16.4. The van der Waals surface area contributed by atoms with Crippen LogP contribution in [0.2, 0.25) is 0 Å². The van der Waals surface area contributed by atoms with Crippen molar-refractivity contribution < 1.29 is 14.3 Å². The molecule has 2 aromatic heterocycles. The molecule has 7 heteroatoms. The SMILES string of the molecule is CCCCC(Nc1nc(C)nc2sc(C)c(-c3ccc(F)cc3)c12)C(=O)O. The van der Waals surface area contributed by atoms with Crippen molar-refractivity contribution in [1.29, 1.82) is 0 Å². The number of carboxylic acid groups (broad SMARTS) is 1. The van der Waals surface area contributed by atoms with Crippen LogP contribution in [0, 0.1) is 19.7 Å². The minimum Gasteiger partial charge on any atom is -0.480 e. The maximum atomic E-state index is 13.4. The molecule has 0 saturated heterocycles. The van der Waals surface area contributed by atoms with Gasteiger partial charge in [-0.15, -0.1) is 11.3 Å². The first kappa shape index (κ1) is 19.2. The topological polar surface area (TPSA) is 75.1 Å². The van der Waals surface area contributed by atoms with Crippen LogP contribution in [-0.4, -0.2) is 27.1 Å². The Balaban J connectivity index is 2.14. The Morgan fingerprint density at radius 2 is 1.96 bits per heavy atom. The van der Waals surface area contributed by atoms with Crippen molar-refractivity contribution in [3.05, 3.63) is 40.8 Å². The van der Waals surface area contributed by atoms with Crippen LogP contribution in [0.25, 0.3) is 21.3 Å². The number of nitrogens with zero attached hydrogens (tertiary/aromatic N) is 2. The second kappa shape index (κ2) is 8.00. The van der Waals surface area contributed by atoms with Crippen molar-refractivity contribution in [1.82, 2.24) is 9.97 Å². The van der Waals surface area contributed by atoms with E-state index >= 15 is 0 Å². The first-order valence-corrected chi connectivity index (χ1v) is 9.75. The number of unbranched alkanes of at least 4 members (excludes halogenated alkanes) is 1. The number of hydrogen-bond acceptors (Lipinski definition) is 5. The van der Waals surface area contributed by atoms with Crippen molar-refractivity contribution >= 4 is 33.3 Å². The largest absolute Gasteiger partial charge is 0.480 e. The molecule has 1 unspecified atom stereocenters. The Bertz CT molecular complexity index is 970. The van der Waals surface area contributed by atoms with Gasteiger partial charge in [0.25, 0.3) is 0 Å². The number of thiophene rings is 1. The Kier molecular flexibility index (Phi) is 5.70. The van der Waals surface area contributed by atoms with Gasteiger partial charge in [-0.2, -0.15) is 0 Å². The van der Waals surface area contributed by atoms with Crippen LogP contribution >= 0.6 is 11.3 Å². The number of aliphatic carboxylic acids is 1. The van der Waals surface area contributed by atoms with Gasteiger partial charge in [-0.25, -0.2) is 19.2 Å². The molecule has 142 valence electrons. The summed E-state index contributed by atoms with van der Waals surface area (Å²) >= 11 is 1.53. The predicted molar refractivity (Wildman–Crippen MR) is 107 cm³/mol. The zero-order chi connectivity index (χ0) is 19.6. The van der Waals surface area contributed by atoms with Crippen LogP contribution in [0.15, 0.2) is 24.3 Å². The molecule has 3 rings (SSSR count). The number of anilines is 1. The van der Waals surface area contributed by atoms with Gasteiger partial charge in [0.2, 0.25) is 0 Å². The van der Waals surface area contributed by atoms with Crippen LogP contribution in [0.5, 0.6) is 0 Å². The Hall–Kier alpha value is -2.54. The molecule has 0 aliphatic rings. The highest BCUT2D eigenvalue weighted by atomic mass is 32.1. The summed E-state index contributed by atoms with van der Waals surface area (Å²) in [6, 6.07) is 5.56. The summed E-state index contributed by atoms with van der Waals surface area (Å²) in [5.74, 6) is -0.101. The number of aryl methyl sites for hydroxylation is 2. The molecule has 2 N–H and O–H groups in total. The number of aromatic nitrogens is 2. The van der Waals surface area contributed by atoms with Gasteiger partial charge < -0.3 is 10.4 Å². The maximum absolute atomic E-state index is 13.4. The monoisotopic (exact) mass is 387 g/mol. The summed E-state index contributed by atoms with van der Waals surface area (Å²) < 4.78 is 13.4. The standard InChI is InChI=1S/C20H22FN3O2S/c1-4-5-6-15(20(25)26)24-18-17-16(13-7-9-14(21)10-8-13)11(2)27-19(17)23-12(3)22-18/h7-10,15H,4-6H2,1-3H3,(H,25,26)(H,22,23,24). The van der Waals surface area contributed by atoms with Gasteiger partial charge in [-0.05, 0) is 38.0 Å². The number of benzene rings is 1. The van der Waals surface area contributed by atoms with Gasteiger partial charge in [-0.3, -0.25) is 0 Å². The summed E-state index contributed by atoms with van der Waals surface area (Å²) in [4.78, 5) is 22.5. The lowest BCUT2D eigenvalue weighted by Gasteiger charge is -2.16. The quantitative estimate of drug-likeness (QED) is 0.585. The third-order valence-electron chi connectivity index (χ3n) is 4.43. The van der Waals surface area contributed by atoms with Crippen LogP contribution in [-0.2, 0) is 4.79 Å². The second-order valence-electron chi connectivity index (χ2n) is 6.52. The van der Waals surface area contributed by atoms with Gasteiger partial charge in [0.15, 0.2) is 0 Å². The smallest absolute Gasteiger partial charge is 0.326 e. The molecule has 0 amide bonds. The lowest BCUT2D eigenvalue weighted by Crippen LogP contribution is -2.29. The molecule has 5 nitrogen and oxygen atoms in total. The summed E-state index contributed by atoms with van der Waals surface area (Å²) in [6.07, 6.45) is 2.25. The molecule has 27 heavy (non-hydrogen) atoms. The van der Waals surface area contributed by atoms with Gasteiger partial charge >= 0.3 is 5.97 Å². The first-order chi connectivity index (χ1) is 12.9. The lowest BCUT2D eigenvalue weighted by atomic mass is 10.0. The van der Waals surface area contributed by atoms with Crippen molar-refractivity contribution in [2.45, 2.75) is 46.1 Å². The number of nitrogens with one attached hydrogen (secondary N) is 1. The van der Waals surface area contributed by atoms with Crippen LogP contribution in [0.3, 0.4) is 0 Å². The fourth-order valence-electron chi connectivity index (χ4n) is 3.12. The molecule has 0 spiro atoms. The van der Waals surface area contributed by atoms with Gasteiger partial charge in [-0.1, -0.05) is 31.9 Å². The number of rotatable bonds is 7. The molecule has 0 radical (unpaired) electrons. The molecular formula is C20H22FN3O2S. The number of halogens is 1. The van der Waals surface area contributed by atoms with Crippen molar-refractivity contribution in [3.8, 4) is 11.1 Å². The van der Waals surface area contributed by atoms with Crippen LogP contribution in [0.1, 0.15) is 36.9 Å². The number of carbonyl (C=O) groups is 1. The molecule has 0 aliphatic heterocycles. The van der Waals surface area contributed by atoms with E-state index in [2.05, 4.69) is 15.3 Å². The third-order valence-corrected chi connectivity index (χ3v) is 5.43. The van der Waals surface area contributed by atoms with E-state index in [-0.39, 0.29) is 5.82 Å². The minimum atomic E-state index is -0.900. The van der Waals surface area contributed by atoms with Gasteiger partial charge in [0.05, 0.1) is 5.39 Å². The first-order valence-electron chi connectivity index (χ1n) is 8.93. The molecule has 0 saturated carbocycles. The summed E-state index contributed by atoms with van der Waals surface area (Å²) in [7, 11) is 0. The highest BCUT2D eigenvalue weighted by molar-refractivity contribution is 7.19. The van der Waals surface area contributed by atoms with E-state index in [1.165, 1.54) is 23.5 Å². The number of fused-ring (bicyclic) bond motifs is 1. The Morgan fingerprint density at radius 3 is 2.59 bits per heavy atom. The molecule has 0 aliphatic carbocycles. The van der Waals surface area contributed by atoms with Crippen LogP contribution in [0.4, 0.5) is 10.2 Å². The molecule has 0 fully saturated rings. The normalized spacial score (nSPS) is 12.3. The summed E-state index contributed by atoms with van der Waals surface area (Å²) in [6.45, 7) is 5.80. The van der Waals surface area contributed by atoms with Crippen molar-refractivity contribution in [2.75, 3.05) is 5.32 Å². The molecule has 1 atom stereocenters. The average Bonchev–Trinajstić information content (AvgIpc) is 2.94. The van der Waals surface area contributed by atoms with E-state index in [1.807, 2.05) is 13.8 Å². The highest BCUT2D eigenvalue weighted by Gasteiger charge is 2.22.